The minimum absolute atomic E-state index is 0. The summed E-state index contributed by atoms with van der Waals surface area (Å²) in [5, 5.41) is 7.45. The van der Waals surface area contributed by atoms with Gasteiger partial charge in [-0.1, -0.05) is 61.0 Å². The Bertz CT molecular complexity index is 1550. The van der Waals surface area contributed by atoms with Crippen LogP contribution in [0.25, 0.3) is 10.8 Å². The molecule has 0 atom stereocenters. The third kappa shape index (κ3) is 9.92. The molecule has 0 saturated carbocycles. The zero-order chi connectivity index (χ0) is 29.9. The monoisotopic (exact) mass is 760 g/mol. The van der Waals surface area contributed by atoms with Crippen LogP contribution in [0.1, 0.15) is 29.3 Å². The molecule has 9 nitrogen and oxygen atoms in total. The van der Waals surface area contributed by atoms with Gasteiger partial charge in [0, 0.05) is 17.5 Å². The summed E-state index contributed by atoms with van der Waals surface area (Å²) in [4.78, 5) is 39.6. The Morgan fingerprint density at radius 1 is 0.930 bits per heavy atom. The van der Waals surface area contributed by atoms with Gasteiger partial charge in [-0.3, -0.25) is 15.0 Å². The van der Waals surface area contributed by atoms with E-state index in [9.17, 15) is 14.4 Å². The average molecular weight is 761 g/mol. The molecule has 11 heteroatoms. The summed E-state index contributed by atoms with van der Waals surface area (Å²) in [5.41, 5.74) is 2.78. The van der Waals surface area contributed by atoms with Crippen LogP contribution in [0.5, 0.6) is 0 Å². The molecule has 0 aliphatic carbocycles. The number of aromatic nitrogens is 1. The summed E-state index contributed by atoms with van der Waals surface area (Å²) in [6, 6.07) is 22.4. The van der Waals surface area contributed by atoms with Crippen LogP contribution >= 0.6 is 15.9 Å². The first kappa shape index (κ1) is 33.8. The van der Waals surface area contributed by atoms with Gasteiger partial charge in [0.15, 0.2) is 12.4 Å². The predicted molar refractivity (Wildman–Crippen MR) is 166 cm³/mol. The van der Waals surface area contributed by atoms with E-state index < -0.39 is 12.2 Å². The van der Waals surface area contributed by atoms with E-state index in [-0.39, 0.29) is 56.2 Å². The van der Waals surface area contributed by atoms with Crippen LogP contribution in [0, 0.1) is 6.92 Å². The quantitative estimate of drug-likeness (QED) is 0.139. The van der Waals surface area contributed by atoms with Crippen molar-refractivity contribution in [3.63, 3.8) is 0 Å². The molecular weight excluding hydrogens is 727 g/mol. The Balaban J connectivity index is 0.00000506. The molecule has 3 aromatic carbocycles. The van der Waals surface area contributed by atoms with Crippen LogP contribution in [-0.4, -0.2) is 44.4 Å². The molecule has 1 heterocycles. The highest BCUT2D eigenvalue weighted by molar-refractivity contribution is 9.10. The number of nitrogens with zero attached hydrogens (tertiary/aromatic N) is 2. The highest BCUT2D eigenvalue weighted by atomic mass is 127. The number of benzene rings is 3. The maximum atomic E-state index is 13.0. The summed E-state index contributed by atoms with van der Waals surface area (Å²) in [5.74, 6) is -0.266. The number of anilines is 2. The van der Waals surface area contributed by atoms with Gasteiger partial charge in [-0.2, -0.15) is 0 Å². The van der Waals surface area contributed by atoms with Gasteiger partial charge < -0.3 is 38.8 Å². The molecule has 1 aromatic heterocycles. The van der Waals surface area contributed by atoms with Gasteiger partial charge >= 0.3 is 12.2 Å². The minimum atomic E-state index is -0.626. The summed E-state index contributed by atoms with van der Waals surface area (Å²) >= 11 is 3.44. The standard InChI is InChI=1S/C32H33BrN4O5.HI/c1-3-16-36-21-25(20-26(33)22-36)30(38)34-15-18-42-32(40)37(27-13-11-23(2)12-14-27)17-19-41-31(39)35-29-10-6-8-24-7-4-5-9-28(24)29;/h4-14,20-22H,3,15-19H2,1-2H3,(H-,34,35,38,39);1H. The molecule has 4 rings (SSSR count). The van der Waals surface area contributed by atoms with E-state index in [0.717, 1.165) is 33.8 Å². The first-order chi connectivity index (χ1) is 20.3. The fourth-order valence-electron chi connectivity index (χ4n) is 4.35. The Labute approximate surface area is 276 Å². The van der Waals surface area contributed by atoms with Gasteiger partial charge in [0.2, 0.25) is 0 Å². The van der Waals surface area contributed by atoms with Gasteiger partial charge in [0.05, 0.1) is 23.2 Å². The largest absolute Gasteiger partial charge is 1.00 e. The topological polar surface area (TPSA) is 101 Å². The molecule has 0 unspecified atom stereocenters. The van der Waals surface area contributed by atoms with E-state index in [0.29, 0.717) is 16.9 Å². The smallest absolute Gasteiger partial charge is 0.414 e. The van der Waals surface area contributed by atoms with Crippen LogP contribution < -0.4 is 44.1 Å². The molecule has 0 spiro atoms. The summed E-state index contributed by atoms with van der Waals surface area (Å²) < 4.78 is 13.6. The number of pyridine rings is 1. The van der Waals surface area contributed by atoms with Gasteiger partial charge in [-0.05, 0) is 52.5 Å². The number of rotatable bonds is 11. The van der Waals surface area contributed by atoms with Crippen molar-refractivity contribution >= 4 is 56.2 Å². The molecule has 4 aromatic rings. The van der Waals surface area contributed by atoms with Gasteiger partial charge in [-0.25, -0.2) is 14.2 Å². The molecule has 0 fully saturated rings. The molecule has 2 N–H and O–H groups in total. The van der Waals surface area contributed by atoms with Crippen molar-refractivity contribution in [3.05, 3.63) is 101 Å². The summed E-state index contributed by atoms with van der Waals surface area (Å²) in [6.07, 6.45) is 3.40. The maximum absolute atomic E-state index is 13.0. The van der Waals surface area contributed by atoms with E-state index in [1.165, 1.54) is 4.90 Å². The Kier molecular flexibility index (Phi) is 13.2. The highest BCUT2D eigenvalue weighted by Gasteiger charge is 2.19. The summed E-state index contributed by atoms with van der Waals surface area (Å²) in [7, 11) is 0. The lowest BCUT2D eigenvalue weighted by molar-refractivity contribution is -0.697. The summed E-state index contributed by atoms with van der Waals surface area (Å²) in [6.45, 7) is 4.93. The first-order valence-electron chi connectivity index (χ1n) is 13.7. The van der Waals surface area contributed by atoms with E-state index in [1.807, 2.05) is 66.2 Å². The number of aryl methyl sites for hydroxylation is 2. The van der Waals surface area contributed by atoms with E-state index in [2.05, 4.69) is 33.5 Å². The molecule has 3 amide bonds. The lowest BCUT2D eigenvalue weighted by atomic mass is 10.1. The fraction of sp³-hybridized carbons (Fsp3) is 0.250. The van der Waals surface area contributed by atoms with Crippen molar-refractivity contribution in [1.82, 2.24) is 5.32 Å². The molecule has 43 heavy (non-hydrogen) atoms. The highest BCUT2D eigenvalue weighted by Crippen LogP contribution is 2.23. The zero-order valence-electron chi connectivity index (χ0n) is 24.0. The normalized spacial score (nSPS) is 10.4. The maximum Gasteiger partial charge on any atom is 0.414 e. The van der Waals surface area contributed by atoms with Crippen molar-refractivity contribution < 1.29 is 52.4 Å². The lowest BCUT2D eigenvalue weighted by Gasteiger charge is -2.22. The number of hydrogen-bond acceptors (Lipinski definition) is 5. The molecular formula is C32H34BrIN4O5. The Morgan fingerprint density at radius 2 is 1.67 bits per heavy atom. The van der Waals surface area contributed by atoms with Crippen LogP contribution in [0.2, 0.25) is 0 Å². The molecule has 0 saturated heterocycles. The molecule has 0 bridgehead atoms. The second-order valence-corrected chi connectivity index (χ2v) is 10.5. The second-order valence-electron chi connectivity index (χ2n) is 9.63. The number of carbonyl (C=O) groups excluding carboxylic acids is 3. The van der Waals surface area contributed by atoms with E-state index >= 15 is 0 Å². The third-order valence-electron chi connectivity index (χ3n) is 6.39. The van der Waals surface area contributed by atoms with Gasteiger partial charge in [0.25, 0.3) is 5.91 Å². The van der Waals surface area contributed by atoms with Crippen LogP contribution in [0.15, 0.2) is 89.7 Å². The molecule has 0 radical (unpaired) electrons. The fourth-order valence-corrected chi connectivity index (χ4v) is 4.86. The SMILES string of the molecule is CCC[n+]1cc(Br)cc(C(=O)NCCOC(=O)N(CCOC(=O)Nc2cccc3ccccc23)c2ccc(C)cc2)c1.[I-]. The number of ether oxygens (including phenoxy) is 2. The number of fused-ring (bicyclic) bond motifs is 1. The zero-order valence-corrected chi connectivity index (χ0v) is 27.8. The average Bonchev–Trinajstić information content (AvgIpc) is 2.98. The lowest BCUT2D eigenvalue weighted by Crippen LogP contribution is -3.00. The van der Waals surface area contributed by atoms with Gasteiger partial charge in [0.1, 0.15) is 25.3 Å². The first-order valence-corrected chi connectivity index (χ1v) is 14.5. The van der Waals surface area contributed by atoms with Crippen LogP contribution in [-0.2, 0) is 16.0 Å². The second kappa shape index (κ2) is 16.8. The van der Waals surface area contributed by atoms with E-state index in [4.69, 9.17) is 9.47 Å². The van der Waals surface area contributed by atoms with Crippen molar-refractivity contribution in [2.75, 3.05) is 36.5 Å². The van der Waals surface area contributed by atoms with Crippen molar-refractivity contribution in [1.29, 1.82) is 0 Å². The van der Waals surface area contributed by atoms with Crippen LogP contribution in [0.3, 0.4) is 0 Å². The Hall–Kier alpha value is -3.71. The van der Waals surface area contributed by atoms with Crippen molar-refractivity contribution in [2.24, 2.45) is 0 Å². The molecule has 226 valence electrons. The van der Waals surface area contributed by atoms with Crippen molar-refractivity contribution in [2.45, 2.75) is 26.8 Å². The predicted octanol–water partition coefficient (Wildman–Crippen LogP) is 3.23. The Morgan fingerprint density at radius 3 is 2.44 bits per heavy atom. The van der Waals surface area contributed by atoms with E-state index in [1.54, 1.807) is 30.5 Å². The van der Waals surface area contributed by atoms with Crippen molar-refractivity contribution in [3.8, 4) is 0 Å². The number of hydrogen-bond donors (Lipinski definition) is 2. The van der Waals surface area contributed by atoms with Gasteiger partial charge in [-0.15, -0.1) is 0 Å². The van der Waals surface area contributed by atoms with Crippen LogP contribution in [0.4, 0.5) is 21.0 Å². The number of halogens is 2. The molecule has 0 aliphatic rings. The number of carbonyl (C=O) groups is 3. The molecule has 0 aliphatic heterocycles. The minimum Gasteiger partial charge on any atom is -1.00 e. The third-order valence-corrected chi connectivity index (χ3v) is 6.82. The number of amides is 3. The number of nitrogens with one attached hydrogen (secondary N) is 2.